The molecule has 18 heavy (non-hydrogen) atoms. The van der Waals surface area contributed by atoms with E-state index < -0.39 is 0 Å². The minimum Gasteiger partial charge on any atom is -0.395 e. The standard InChI is InChI=1S/C14H31N3O/c1-4-5-13(15)14(11-18)17-8-6-16(7-9-17)10-12(2)3/h12-14,18H,4-11,15H2,1-3H3. The van der Waals surface area contributed by atoms with Gasteiger partial charge >= 0.3 is 0 Å². The van der Waals surface area contributed by atoms with Crippen LogP contribution >= 0.6 is 0 Å². The van der Waals surface area contributed by atoms with Gasteiger partial charge < -0.3 is 15.7 Å². The Morgan fingerprint density at radius 1 is 1.17 bits per heavy atom. The first-order valence-corrected chi connectivity index (χ1v) is 7.41. The Bertz CT molecular complexity index is 215. The number of nitrogens with zero attached hydrogens (tertiary/aromatic N) is 2. The third-order valence-electron chi connectivity index (χ3n) is 3.80. The van der Waals surface area contributed by atoms with E-state index in [0.717, 1.165) is 44.9 Å². The van der Waals surface area contributed by atoms with Crippen LogP contribution in [0, 0.1) is 5.92 Å². The fraction of sp³-hybridized carbons (Fsp3) is 1.00. The van der Waals surface area contributed by atoms with Gasteiger partial charge in [-0.2, -0.15) is 0 Å². The smallest absolute Gasteiger partial charge is 0.0601 e. The van der Waals surface area contributed by atoms with Crippen LogP contribution in [0.25, 0.3) is 0 Å². The van der Waals surface area contributed by atoms with E-state index in [2.05, 4.69) is 30.6 Å². The van der Waals surface area contributed by atoms with E-state index in [1.165, 1.54) is 6.54 Å². The number of piperazine rings is 1. The monoisotopic (exact) mass is 257 g/mol. The van der Waals surface area contributed by atoms with E-state index >= 15 is 0 Å². The summed E-state index contributed by atoms with van der Waals surface area (Å²) < 4.78 is 0. The van der Waals surface area contributed by atoms with Gasteiger partial charge in [-0.25, -0.2) is 0 Å². The summed E-state index contributed by atoms with van der Waals surface area (Å²) in [5.74, 6) is 0.729. The van der Waals surface area contributed by atoms with Crippen LogP contribution in [0.3, 0.4) is 0 Å². The van der Waals surface area contributed by atoms with Crippen LogP contribution in [0.5, 0.6) is 0 Å². The van der Waals surface area contributed by atoms with Crippen molar-refractivity contribution in [3.8, 4) is 0 Å². The molecule has 1 rings (SSSR count). The van der Waals surface area contributed by atoms with Gasteiger partial charge in [-0.1, -0.05) is 27.2 Å². The Balaban J connectivity index is 2.39. The van der Waals surface area contributed by atoms with Crippen LogP contribution in [-0.2, 0) is 0 Å². The molecular weight excluding hydrogens is 226 g/mol. The third-order valence-corrected chi connectivity index (χ3v) is 3.80. The number of nitrogens with two attached hydrogens (primary N) is 1. The van der Waals surface area contributed by atoms with Gasteiger partial charge in [0.05, 0.1) is 6.61 Å². The Kier molecular flexibility index (Phi) is 7.15. The van der Waals surface area contributed by atoms with Crippen LogP contribution in [-0.4, -0.2) is 66.3 Å². The SMILES string of the molecule is CCCC(N)C(CO)N1CCN(CC(C)C)CC1. The van der Waals surface area contributed by atoms with Gasteiger partial charge in [-0.05, 0) is 12.3 Å². The molecule has 1 heterocycles. The van der Waals surface area contributed by atoms with Gasteiger partial charge in [0.2, 0.25) is 0 Å². The first-order chi connectivity index (χ1) is 8.58. The molecule has 4 nitrogen and oxygen atoms in total. The van der Waals surface area contributed by atoms with Crippen molar-refractivity contribution < 1.29 is 5.11 Å². The molecule has 4 heteroatoms. The lowest BCUT2D eigenvalue weighted by molar-refractivity contribution is 0.0483. The quantitative estimate of drug-likeness (QED) is 0.707. The molecule has 3 N–H and O–H groups in total. The molecule has 0 aromatic heterocycles. The summed E-state index contributed by atoms with van der Waals surface area (Å²) in [7, 11) is 0. The maximum Gasteiger partial charge on any atom is 0.0601 e. The lowest BCUT2D eigenvalue weighted by Crippen LogP contribution is -2.57. The van der Waals surface area contributed by atoms with E-state index in [1.54, 1.807) is 0 Å². The summed E-state index contributed by atoms with van der Waals surface area (Å²) in [4.78, 5) is 4.89. The predicted octanol–water partition coefficient (Wildman–Crippen LogP) is 0.748. The summed E-state index contributed by atoms with van der Waals surface area (Å²) in [6.07, 6.45) is 2.09. The van der Waals surface area contributed by atoms with Crippen molar-refractivity contribution in [2.24, 2.45) is 11.7 Å². The number of aliphatic hydroxyl groups is 1. The third kappa shape index (κ3) is 4.84. The largest absolute Gasteiger partial charge is 0.395 e. The van der Waals surface area contributed by atoms with Crippen molar-refractivity contribution in [3.05, 3.63) is 0 Å². The van der Waals surface area contributed by atoms with Crippen LogP contribution in [0.4, 0.5) is 0 Å². The summed E-state index contributed by atoms with van der Waals surface area (Å²) in [6.45, 7) is 12.3. The highest BCUT2D eigenvalue weighted by Crippen LogP contribution is 2.12. The van der Waals surface area contributed by atoms with Gasteiger partial charge in [0.1, 0.15) is 0 Å². The Morgan fingerprint density at radius 2 is 1.78 bits per heavy atom. The van der Waals surface area contributed by atoms with Crippen molar-refractivity contribution >= 4 is 0 Å². The van der Waals surface area contributed by atoms with E-state index in [0.29, 0.717) is 0 Å². The predicted molar refractivity (Wildman–Crippen MR) is 76.6 cm³/mol. The fourth-order valence-corrected chi connectivity index (χ4v) is 2.84. The van der Waals surface area contributed by atoms with Crippen molar-refractivity contribution in [2.45, 2.75) is 45.7 Å². The molecule has 1 fully saturated rings. The minimum atomic E-state index is 0.108. The topological polar surface area (TPSA) is 52.7 Å². The molecule has 0 radical (unpaired) electrons. The molecule has 0 saturated carbocycles. The normalized spacial score (nSPS) is 22.3. The molecular formula is C14H31N3O. The molecule has 1 aliphatic rings. The average molecular weight is 257 g/mol. The Labute approximate surface area is 112 Å². The van der Waals surface area contributed by atoms with Crippen molar-refractivity contribution in [3.63, 3.8) is 0 Å². The van der Waals surface area contributed by atoms with Crippen LogP contribution in [0.15, 0.2) is 0 Å². The molecule has 0 bridgehead atoms. The number of rotatable bonds is 7. The Hall–Kier alpha value is -0.160. The highest BCUT2D eigenvalue weighted by molar-refractivity contribution is 4.85. The van der Waals surface area contributed by atoms with E-state index in [9.17, 15) is 5.11 Å². The van der Waals surface area contributed by atoms with E-state index in [1.807, 2.05) is 0 Å². The van der Waals surface area contributed by atoms with Crippen LogP contribution in [0.2, 0.25) is 0 Å². The van der Waals surface area contributed by atoms with Crippen LogP contribution < -0.4 is 5.73 Å². The molecule has 1 aliphatic heterocycles. The molecule has 0 spiro atoms. The highest BCUT2D eigenvalue weighted by Gasteiger charge is 2.27. The van der Waals surface area contributed by atoms with Crippen molar-refractivity contribution in [1.82, 2.24) is 9.80 Å². The first-order valence-electron chi connectivity index (χ1n) is 7.41. The van der Waals surface area contributed by atoms with Gasteiger partial charge in [-0.3, -0.25) is 4.90 Å². The summed E-state index contributed by atoms with van der Waals surface area (Å²) >= 11 is 0. The van der Waals surface area contributed by atoms with Crippen LogP contribution in [0.1, 0.15) is 33.6 Å². The minimum absolute atomic E-state index is 0.108. The van der Waals surface area contributed by atoms with Gasteiger partial charge in [0, 0.05) is 44.8 Å². The first kappa shape index (κ1) is 15.9. The number of hydrogen-bond acceptors (Lipinski definition) is 4. The zero-order chi connectivity index (χ0) is 13.5. The second-order valence-corrected chi connectivity index (χ2v) is 5.93. The summed E-state index contributed by atoms with van der Waals surface area (Å²) in [5, 5.41) is 9.55. The lowest BCUT2D eigenvalue weighted by atomic mass is 10.0. The molecule has 2 unspecified atom stereocenters. The molecule has 0 aromatic rings. The molecule has 0 aliphatic carbocycles. The molecule has 108 valence electrons. The highest BCUT2D eigenvalue weighted by atomic mass is 16.3. The number of aliphatic hydroxyl groups excluding tert-OH is 1. The van der Waals surface area contributed by atoms with Crippen molar-refractivity contribution in [2.75, 3.05) is 39.3 Å². The zero-order valence-corrected chi connectivity index (χ0v) is 12.3. The van der Waals surface area contributed by atoms with Gasteiger partial charge in [-0.15, -0.1) is 0 Å². The molecule has 0 amide bonds. The molecule has 1 saturated heterocycles. The fourth-order valence-electron chi connectivity index (χ4n) is 2.84. The van der Waals surface area contributed by atoms with E-state index in [4.69, 9.17) is 5.73 Å². The van der Waals surface area contributed by atoms with Crippen molar-refractivity contribution in [1.29, 1.82) is 0 Å². The second kappa shape index (κ2) is 8.10. The van der Waals surface area contributed by atoms with E-state index in [-0.39, 0.29) is 18.7 Å². The number of hydrogen-bond donors (Lipinski definition) is 2. The maximum absolute atomic E-state index is 9.55. The second-order valence-electron chi connectivity index (χ2n) is 5.93. The Morgan fingerprint density at radius 3 is 2.22 bits per heavy atom. The average Bonchev–Trinajstić information content (AvgIpc) is 2.32. The maximum atomic E-state index is 9.55. The molecule has 2 atom stereocenters. The summed E-state index contributed by atoms with van der Waals surface area (Å²) in [5.41, 5.74) is 6.17. The zero-order valence-electron chi connectivity index (χ0n) is 12.3. The lowest BCUT2D eigenvalue weighted by Gasteiger charge is -2.41. The van der Waals surface area contributed by atoms with Gasteiger partial charge in [0.25, 0.3) is 0 Å². The molecule has 0 aromatic carbocycles. The van der Waals surface area contributed by atoms with Gasteiger partial charge in [0.15, 0.2) is 0 Å². The summed E-state index contributed by atoms with van der Waals surface area (Å²) in [6, 6.07) is 0.253.